The van der Waals surface area contributed by atoms with Crippen molar-refractivity contribution in [3.8, 4) is 0 Å². The highest BCUT2D eigenvalue weighted by atomic mass is 16.6. The van der Waals surface area contributed by atoms with Crippen LogP contribution in [0.3, 0.4) is 0 Å². The maximum Gasteiger partial charge on any atom is 0.306 e. The largest absolute Gasteiger partial charge is 0.462 e. The highest BCUT2D eigenvalue weighted by molar-refractivity contribution is 5.71. The minimum absolute atomic E-state index is 0.0608. The van der Waals surface area contributed by atoms with Crippen molar-refractivity contribution in [3.63, 3.8) is 0 Å². The molecule has 0 radical (unpaired) electrons. The van der Waals surface area contributed by atoms with Crippen molar-refractivity contribution >= 4 is 17.9 Å². The Morgan fingerprint density at radius 2 is 0.386 bits per heavy atom. The van der Waals surface area contributed by atoms with E-state index in [1.807, 2.05) is 0 Å². The molecule has 0 spiro atoms. The molecule has 0 N–H and O–H groups in total. The lowest BCUT2D eigenvalue weighted by atomic mass is 10.0. The Bertz CT molecular complexity index is 1040. The van der Waals surface area contributed by atoms with Crippen LogP contribution < -0.4 is 0 Å². The molecule has 6 heteroatoms. The van der Waals surface area contributed by atoms with Crippen LogP contribution in [0.2, 0.25) is 0 Å². The molecule has 0 heterocycles. The van der Waals surface area contributed by atoms with Crippen molar-refractivity contribution in [2.45, 2.75) is 380 Å². The van der Waals surface area contributed by atoms with Crippen molar-refractivity contribution in [1.29, 1.82) is 0 Å². The Morgan fingerprint density at radius 3 is 0.571 bits per heavy atom. The molecule has 0 aliphatic carbocycles. The number of hydrogen-bond donors (Lipinski definition) is 0. The number of hydrogen-bond acceptors (Lipinski definition) is 6. The van der Waals surface area contributed by atoms with Crippen LogP contribution in [0, 0.1) is 0 Å². The average molecular weight is 990 g/mol. The first-order valence-corrected chi connectivity index (χ1v) is 32.0. The topological polar surface area (TPSA) is 78.9 Å². The normalized spacial score (nSPS) is 11.9. The summed E-state index contributed by atoms with van der Waals surface area (Å²) in [6, 6.07) is 0. The Labute approximate surface area is 438 Å². The summed E-state index contributed by atoms with van der Waals surface area (Å²) in [5, 5.41) is 0. The van der Waals surface area contributed by atoms with E-state index < -0.39 is 6.10 Å². The lowest BCUT2D eigenvalue weighted by Crippen LogP contribution is -2.30. The van der Waals surface area contributed by atoms with Gasteiger partial charge in [-0.15, -0.1) is 0 Å². The van der Waals surface area contributed by atoms with Crippen LogP contribution in [-0.4, -0.2) is 37.2 Å². The Balaban J connectivity index is 4.17. The summed E-state index contributed by atoms with van der Waals surface area (Å²) < 4.78 is 16.9. The van der Waals surface area contributed by atoms with Gasteiger partial charge in [0.15, 0.2) is 6.10 Å². The molecule has 70 heavy (non-hydrogen) atoms. The molecular formula is C64H124O6. The fourth-order valence-electron chi connectivity index (χ4n) is 10.0. The third-order valence-corrected chi connectivity index (χ3v) is 14.9. The SMILES string of the molecule is CCCCCCCCCCCCCCCCCCCCCCCCC(=O)OCC(COC(=O)CCCCCCCCCCCC)OC(=O)CCCCCCCCCCCCCCCCCCCCCC. The maximum absolute atomic E-state index is 12.9. The first-order valence-electron chi connectivity index (χ1n) is 32.0. The molecule has 0 amide bonds. The first-order chi connectivity index (χ1) is 34.5. The third-order valence-electron chi connectivity index (χ3n) is 14.9. The van der Waals surface area contributed by atoms with Gasteiger partial charge in [0.05, 0.1) is 0 Å². The average Bonchev–Trinajstić information content (AvgIpc) is 3.36. The number of rotatable bonds is 60. The molecule has 1 atom stereocenters. The minimum atomic E-state index is -0.761. The van der Waals surface area contributed by atoms with E-state index in [1.165, 1.54) is 276 Å². The van der Waals surface area contributed by atoms with Crippen LogP contribution in [0.25, 0.3) is 0 Å². The van der Waals surface area contributed by atoms with E-state index in [2.05, 4.69) is 20.8 Å². The van der Waals surface area contributed by atoms with E-state index in [-0.39, 0.29) is 31.1 Å². The zero-order valence-electron chi connectivity index (χ0n) is 47.8. The highest BCUT2D eigenvalue weighted by Crippen LogP contribution is 2.19. The summed E-state index contributed by atoms with van der Waals surface area (Å²) in [5.74, 6) is -0.829. The molecular weight excluding hydrogens is 865 g/mol. The van der Waals surface area contributed by atoms with Crippen molar-refractivity contribution in [3.05, 3.63) is 0 Å². The highest BCUT2D eigenvalue weighted by Gasteiger charge is 2.19. The number of unbranched alkanes of at least 4 members (excludes halogenated alkanes) is 49. The van der Waals surface area contributed by atoms with Crippen molar-refractivity contribution in [2.24, 2.45) is 0 Å². The summed E-state index contributed by atoms with van der Waals surface area (Å²) in [7, 11) is 0. The quantitative estimate of drug-likeness (QED) is 0.0343. The summed E-state index contributed by atoms with van der Waals surface area (Å²) in [5.41, 5.74) is 0. The predicted octanol–water partition coefficient (Wildman–Crippen LogP) is 21.5. The lowest BCUT2D eigenvalue weighted by Gasteiger charge is -2.18. The van der Waals surface area contributed by atoms with Gasteiger partial charge < -0.3 is 14.2 Å². The van der Waals surface area contributed by atoms with Gasteiger partial charge >= 0.3 is 17.9 Å². The maximum atomic E-state index is 12.9. The fraction of sp³-hybridized carbons (Fsp3) is 0.953. The van der Waals surface area contributed by atoms with Gasteiger partial charge in [0.25, 0.3) is 0 Å². The second kappa shape index (κ2) is 60.0. The van der Waals surface area contributed by atoms with E-state index in [1.54, 1.807) is 0 Å². The lowest BCUT2D eigenvalue weighted by molar-refractivity contribution is -0.167. The van der Waals surface area contributed by atoms with Crippen LogP contribution in [0.4, 0.5) is 0 Å². The van der Waals surface area contributed by atoms with Crippen LogP contribution >= 0.6 is 0 Å². The summed E-state index contributed by atoms with van der Waals surface area (Å²) in [6.07, 6.45) is 68.3. The standard InChI is InChI=1S/C64H124O6/c1-4-7-10-13-16-19-22-24-26-28-30-32-33-35-36-38-40-42-45-48-51-54-57-63(66)69-60-61(59-68-62(65)56-53-50-47-44-21-18-15-12-9-6-3)70-64(67)58-55-52-49-46-43-41-39-37-34-31-29-27-25-23-20-17-14-11-8-5-2/h61H,4-60H2,1-3H3. The third kappa shape index (κ3) is 57.3. The smallest absolute Gasteiger partial charge is 0.306 e. The van der Waals surface area contributed by atoms with Gasteiger partial charge in [0.1, 0.15) is 13.2 Å². The van der Waals surface area contributed by atoms with Gasteiger partial charge in [-0.1, -0.05) is 335 Å². The van der Waals surface area contributed by atoms with Gasteiger partial charge in [-0.05, 0) is 19.3 Å². The molecule has 0 fully saturated rings. The predicted molar refractivity (Wildman–Crippen MR) is 303 cm³/mol. The second-order valence-electron chi connectivity index (χ2n) is 22.1. The van der Waals surface area contributed by atoms with Gasteiger partial charge in [-0.25, -0.2) is 0 Å². The zero-order chi connectivity index (χ0) is 50.7. The van der Waals surface area contributed by atoms with Crippen LogP contribution in [-0.2, 0) is 28.6 Å². The fourth-order valence-corrected chi connectivity index (χ4v) is 10.0. The van der Waals surface area contributed by atoms with Crippen LogP contribution in [0.15, 0.2) is 0 Å². The summed E-state index contributed by atoms with van der Waals surface area (Å²) in [4.78, 5) is 38.2. The van der Waals surface area contributed by atoms with E-state index in [9.17, 15) is 14.4 Å². The number of esters is 3. The Hall–Kier alpha value is -1.59. The van der Waals surface area contributed by atoms with Crippen molar-refractivity contribution in [2.75, 3.05) is 13.2 Å². The molecule has 0 bridgehead atoms. The molecule has 0 rings (SSSR count). The van der Waals surface area contributed by atoms with E-state index >= 15 is 0 Å². The van der Waals surface area contributed by atoms with Gasteiger partial charge in [0.2, 0.25) is 0 Å². The number of carbonyl (C=O) groups is 3. The van der Waals surface area contributed by atoms with Gasteiger partial charge in [-0.2, -0.15) is 0 Å². The van der Waals surface area contributed by atoms with E-state index in [4.69, 9.17) is 14.2 Å². The first kappa shape index (κ1) is 68.4. The monoisotopic (exact) mass is 989 g/mol. The molecule has 0 aliphatic rings. The molecule has 1 unspecified atom stereocenters. The molecule has 0 aromatic rings. The molecule has 0 aromatic carbocycles. The van der Waals surface area contributed by atoms with Crippen molar-refractivity contribution < 1.29 is 28.6 Å². The van der Waals surface area contributed by atoms with E-state index in [0.29, 0.717) is 19.3 Å². The van der Waals surface area contributed by atoms with Crippen molar-refractivity contribution in [1.82, 2.24) is 0 Å². The van der Waals surface area contributed by atoms with Crippen LogP contribution in [0.1, 0.15) is 374 Å². The summed E-state index contributed by atoms with van der Waals surface area (Å²) >= 11 is 0. The molecule has 0 aromatic heterocycles. The summed E-state index contributed by atoms with van der Waals surface area (Å²) in [6.45, 7) is 6.71. The molecule has 0 saturated carbocycles. The molecule has 416 valence electrons. The minimum Gasteiger partial charge on any atom is -0.462 e. The zero-order valence-corrected chi connectivity index (χ0v) is 47.8. The second-order valence-corrected chi connectivity index (χ2v) is 22.1. The Kier molecular flexibility index (Phi) is 58.6. The molecule has 0 aliphatic heterocycles. The van der Waals surface area contributed by atoms with Gasteiger partial charge in [-0.3, -0.25) is 14.4 Å². The van der Waals surface area contributed by atoms with Gasteiger partial charge in [0, 0.05) is 19.3 Å². The van der Waals surface area contributed by atoms with E-state index in [0.717, 1.165) is 57.8 Å². The Morgan fingerprint density at radius 1 is 0.229 bits per heavy atom. The van der Waals surface area contributed by atoms with Crippen LogP contribution in [0.5, 0.6) is 0 Å². The number of ether oxygens (including phenoxy) is 3. The molecule has 0 saturated heterocycles. The molecule has 6 nitrogen and oxygen atoms in total. The number of carbonyl (C=O) groups excluding carboxylic acids is 3.